The predicted octanol–water partition coefficient (Wildman–Crippen LogP) is 3.25. The highest BCUT2D eigenvalue weighted by Crippen LogP contribution is 2.27. The van der Waals surface area contributed by atoms with E-state index >= 15 is 0 Å². The quantitative estimate of drug-likeness (QED) is 0.435. The second-order valence-electron chi connectivity index (χ2n) is 6.87. The van der Waals surface area contributed by atoms with Crippen molar-refractivity contribution >= 4 is 17.7 Å². The number of fused-ring (bicyclic) bond motifs is 1. The molecule has 0 unspecified atom stereocenters. The Morgan fingerprint density at radius 3 is 2.59 bits per heavy atom. The Labute approximate surface area is 162 Å². The van der Waals surface area contributed by atoms with Crippen LogP contribution in [0.5, 0.6) is 0 Å². The SMILES string of the molecule is CCOC(=O)CCCCCCNC(=O)NCCCN1CCc2ccccc21. The minimum Gasteiger partial charge on any atom is -0.466 e. The zero-order valence-electron chi connectivity index (χ0n) is 16.5. The maximum atomic E-state index is 11.8. The van der Waals surface area contributed by atoms with E-state index in [0.717, 1.165) is 51.6 Å². The number of amides is 2. The number of nitrogens with zero attached hydrogens (tertiary/aromatic N) is 1. The summed E-state index contributed by atoms with van der Waals surface area (Å²) in [6.45, 7) is 5.66. The fourth-order valence-electron chi connectivity index (χ4n) is 3.36. The van der Waals surface area contributed by atoms with Crippen molar-refractivity contribution in [1.29, 1.82) is 0 Å². The van der Waals surface area contributed by atoms with Gasteiger partial charge in [0.15, 0.2) is 0 Å². The molecule has 0 spiro atoms. The Balaban J connectivity index is 1.43. The van der Waals surface area contributed by atoms with Crippen molar-refractivity contribution in [3.05, 3.63) is 29.8 Å². The lowest BCUT2D eigenvalue weighted by atomic mass is 10.1. The second kappa shape index (κ2) is 12.2. The highest BCUT2D eigenvalue weighted by molar-refractivity contribution is 5.73. The molecule has 0 atom stereocenters. The molecule has 1 aromatic carbocycles. The molecule has 2 N–H and O–H groups in total. The standard InChI is InChI=1S/C21H33N3O3/c1-2-27-20(25)12-5-3-4-8-14-22-21(26)23-15-9-16-24-17-13-18-10-6-7-11-19(18)24/h6-7,10-11H,2-5,8-9,12-17H2,1H3,(H2,22,23,26). The van der Waals surface area contributed by atoms with Crippen molar-refractivity contribution < 1.29 is 14.3 Å². The van der Waals surface area contributed by atoms with Gasteiger partial charge in [-0.1, -0.05) is 31.0 Å². The summed E-state index contributed by atoms with van der Waals surface area (Å²) >= 11 is 0. The second-order valence-corrected chi connectivity index (χ2v) is 6.87. The molecule has 0 bridgehead atoms. The molecule has 0 radical (unpaired) electrons. The summed E-state index contributed by atoms with van der Waals surface area (Å²) in [5.41, 5.74) is 2.76. The largest absolute Gasteiger partial charge is 0.466 e. The molecule has 1 aliphatic heterocycles. The third-order valence-electron chi connectivity index (χ3n) is 4.77. The predicted molar refractivity (Wildman–Crippen MR) is 108 cm³/mol. The number of carbonyl (C=O) groups is 2. The van der Waals surface area contributed by atoms with Gasteiger partial charge in [0, 0.05) is 38.3 Å². The van der Waals surface area contributed by atoms with Gasteiger partial charge in [0.1, 0.15) is 0 Å². The Morgan fingerprint density at radius 1 is 1.04 bits per heavy atom. The van der Waals surface area contributed by atoms with Crippen molar-refractivity contribution in [2.45, 2.75) is 51.9 Å². The lowest BCUT2D eigenvalue weighted by Gasteiger charge is -2.19. The first-order valence-electron chi connectivity index (χ1n) is 10.2. The number of carbonyl (C=O) groups excluding carboxylic acids is 2. The molecule has 0 saturated heterocycles. The molecular weight excluding hydrogens is 342 g/mol. The van der Waals surface area contributed by atoms with Crippen molar-refractivity contribution in [3.8, 4) is 0 Å². The summed E-state index contributed by atoms with van der Waals surface area (Å²) in [4.78, 5) is 25.4. The number of esters is 1. The first-order chi connectivity index (χ1) is 13.2. The summed E-state index contributed by atoms with van der Waals surface area (Å²) in [6.07, 6.45) is 6.32. The van der Waals surface area contributed by atoms with Gasteiger partial charge in [-0.15, -0.1) is 0 Å². The minimum absolute atomic E-state index is 0.0941. The third-order valence-corrected chi connectivity index (χ3v) is 4.77. The lowest BCUT2D eigenvalue weighted by Crippen LogP contribution is -2.37. The number of benzene rings is 1. The molecule has 27 heavy (non-hydrogen) atoms. The average molecular weight is 376 g/mol. The first-order valence-corrected chi connectivity index (χ1v) is 10.2. The molecule has 6 nitrogen and oxygen atoms in total. The van der Waals surface area contributed by atoms with Gasteiger partial charge in [0.05, 0.1) is 6.61 Å². The molecule has 0 aromatic heterocycles. The Morgan fingerprint density at radius 2 is 1.78 bits per heavy atom. The minimum atomic E-state index is -0.118. The van der Waals surface area contributed by atoms with Crippen LogP contribution in [0.3, 0.4) is 0 Å². The highest BCUT2D eigenvalue weighted by atomic mass is 16.5. The van der Waals surface area contributed by atoms with E-state index < -0.39 is 0 Å². The monoisotopic (exact) mass is 375 g/mol. The topological polar surface area (TPSA) is 70.7 Å². The molecule has 0 aliphatic carbocycles. The first kappa shape index (κ1) is 21.1. The summed E-state index contributed by atoms with van der Waals surface area (Å²) in [7, 11) is 0. The number of para-hydroxylation sites is 1. The van der Waals surface area contributed by atoms with Crippen LogP contribution in [0, 0.1) is 0 Å². The lowest BCUT2D eigenvalue weighted by molar-refractivity contribution is -0.143. The van der Waals surface area contributed by atoms with Gasteiger partial charge in [0.25, 0.3) is 0 Å². The van der Waals surface area contributed by atoms with Gasteiger partial charge in [-0.25, -0.2) is 4.79 Å². The zero-order valence-corrected chi connectivity index (χ0v) is 16.5. The van der Waals surface area contributed by atoms with E-state index in [-0.39, 0.29) is 12.0 Å². The van der Waals surface area contributed by atoms with E-state index in [2.05, 4.69) is 39.8 Å². The summed E-state index contributed by atoms with van der Waals surface area (Å²) in [5.74, 6) is -0.118. The van der Waals surface area contributed by atoms with Crippen LogP contribution in [0.2, 0.25) is 0 Å². The van der Waals surface area contributed by atoms with Crippen LogP contribution in [-0.4, -0.2) is 44.8 Å². The van der Waals surface area contributed by atoms with E-state index in [1.807, 2.05) is 6.92 Å². The van der Waals surface area contributed by atoms with Gasteiger partial charge in [0.2, 0.25) is 0 Å². The molecule has 6 heteroatoms. The molecule has 2 rings (SSSR count). The number of ether oxygens (including phenoxy) is 1. The van der Waals surface area contributed by atoms with E-state index in [1.165, 1.54) is 11.3 Å². The average Bonchev–Trinajstić information content (AvgIpc) is 3.08. The molecule has 1 aromatic rings. The van der Waals surface area contributed by atoms with Crippen LogP contribution in [-0.2, 0) is 16.0 Å². The number of unbranched alkanes of at least 4 members (excludes halogenated alkanes) is 3. The molecule has 1 aliphatic rings. The van der Waals surface area contributed by atoms with Gasteiger partial charge < -0.3 is 20.3 Å². The highest BCUT2D eigenvalue weighted by Gasteiger charge is 2.17. The summed E-state index contributed by atoms with van der Waals surface area (Å²) in [6, 6.07) is 8.45. The van der Waals surface area contributed by atoms with Crippen molar-refractivity contribution in [2.75, 3.05) is 37.7 Å². The fourth-order valence-corrected chi connectivity index (χ4v) is 3.36. The third kappa shape index (κ3) is 7.89. The smallest absolute Gasteiger partial charge is 0.314 e. The number of hydrogen-bond donors (Lipinski definition) is 2. The fraction of sp³-hybridized carbons (Fsp3) is 0.619. The number of urea groups is 1. The van der Waals surface area contributed by atoms with E-state index in [0.29, 0.717) is 26.1 Å². The van der Waals surface area contributed by atoms with Crippen LogP contribution < -0.4 is 15.5 Å². The van der Waals surface area contributed by atoms with Gasteiger partial charge >= 0.3 is 12.0 Å². The molecular formula is C21H33N3O3. The number of anilines is 1. The van der Waals surface area contributed by atoms with Gasteiger partial charge in [-0.2, -0.15) is 0 Å². The van der Waals surface area contributed by atoms with E-state index in [4.69, 9.17) is 4.74 Å². The van der Waals surface area contributed by atoms with E-state index in [9.17, 15) is 9.59 Å². The van der Waals surface area contributed by atoms with Gasteiger partial charge in [-0.3, -0.25) is 4.79 Å². The maximum absolute atomic E-state index is 11.8. The van der Waals surface area contributed by atoms with Crippen LogP contribution in [0.1, 0.15) is 51.0 Å². The summed E-state index contributed by atoms with van der Waals surface area (Å²) < 4.78 is 4.89. The number of nitrogens with one attached hydrogen (secondary N) is 2. The number of rotatable bonds is 12. The maximum Gasteiger partial charge on any atom is 0.314 e. The molecule has 2 amide bonds. The molecule has 1 heterocycles. The van der Waals surface area contributed by atoms with Gasteiger partial charge in [-0.05, 0) is 44.2 Å². The molecule has 150 valence electrons. The van der Waals surface area contributed by atoms with Crippen molar-refractivity contribution in [1.82, 2.24) is 10.6 Å². The Bertz CT molecular complexity index is 592. The summed E-state index contributed by atoms with van der Waals surface area (Å²) in [5, 5.41) is 5.82. The normalized spacial score (nSPS) is 12.6. The molecule has 0 fully saturated rings. The Hall–Kier alpha value is -2.24. The molecule has 0 saturated carbocycles. The Kier molecular flexibility index (Phi) is 9.52. The van der Waals surface area contributed by atoms with E-state index in [1.54, 1.807) is 0 Å². The number of hydrogen-bond acceptors (Lipinski definition) is 4. The van der Waals surface area contributed by atoms with Crippen molar-refractivity contribution in [3.63, 3.8) is 0 Å². The van der Waals surface area contributed by atoms with Crippen LogP contribution in [0.15, 0.2) is 24.3 Å². The van der Waals surface area contributed by atoms with Crippen molar-refractivity contribution in [2.24, 2.45) is 0 Å². The van der Waals surface area contributed by atoms with Crippen LogP contribution in [0.4, 0.5) is 10.5 Å². The van der Waals surface area contributed by atoms with Crippen LogP contribution >= 0.6 is 0 Å². The zero-order chi connectivity index (χ0) is 19.3. The van der Waals surface area contributed by atoms with Crippen LogP contribution in [0.25, 0.3) is 0 Å².